The quantitative estimate of drug-likeness (QED) is 0.188. The summed E-state index contributed by atoms with van der Waals surface area (Å²) in [6, 6.07) is 10.7. The minimum absolute atomic E-state index is 0. The van der Waals surface area contributed by atoms with Gasteiger partial charge in [-0.05, 0) is 63.5 Å². The van der Waals surface area contributed by atoms with Crippen molar-refractivity contribution in [2.45, 2.75) is 150 Å². The van der Waals surface area contributed by atoms with Gasteiger partial charge < -0.3 is 19.5 Å². The van der Waals surface area contributed by atoms with E-state index in [-0.39, 0.29) is 66.0 Å². The maximum Gasteiger partial charge on any atom is 0.213 e. The molecule has 1 aromatic rings. The molecule has 39 heavy (non-hydrogen) atoms. The number of benzene rings is 1. The van der Waals surface area contributed by atoms with Crippen molar-refractivity contribution in [3.05, 3.63) is 40.3 Å². The molecule has 1 rings (SSSR count). The second-order valence-electron chi connectivity index (χ2n) is 11.1. The van der Waals surface area contributed by atoms with E-state index >= 15 is 0 Å². The van der Waals surface area contributed by atoms with Gasteiger partial charge >= 0.3 is 0 Å². The molecule has 0 saturated carbocycles. The summed E-state index contributed by atoms with van der Waals surface area (Å²) in [6.45, 7) is 22.9. The number of hydrogen-bond acceptors (Lipinski definition) is 6. The monoisotopic (exact) mass is 639 g/mol. The normalized spacial score (nSPS) is 8.90. The topological polar surface area (TPSA) is 115 Å². The molecule has 0 aliphatic rings. The zero-order valence-corrected chi connectivity index (χ0v) is 25.8. The first-order valence-electron chi connectivity index (χ1n) is 10.7. The van der Waals surface area contributed by atoms with Crippen LogP contribution in [0.5, 0.6) is 0 Å². The lowest BCUT2D eigenvalue weighted by Crippen LogP contribution is -2.40. The van der Waals surface area contributed by atoms with E-state index in [4.69, 9.17) is 19.8 Å². The Balaban J connectivity index is -0.0000000236. The Labute approximate surface area is 254 Å². The Morgan fingerprint density at radius 1 is 0.564 bits per heavy atom. The molecule has 1 aromatic carbocycles. The van der Waals surface area contributed by atoms with Crippen LogP contribution in [0.4, 0.5) is 0 Å². The van der Waals surface area contributed by atoms with Gasteiger partial charge in [0.25, 0.3) is 0 Å². The molecule has 4 N–H and O–H groups in total. The van der Waals surface area contributed by atoms with Crippen LogP contribution in [0.3, 0.4) is 0 Å². The van der Waals surface area contributed by atoms with Gasteiger partial charge in [-0.3, -0.25) is 0 Å². The van der Waals surface area contributed by atoms with Crippen molar-refractivity contribution < 1.29 is 19.5 Å². The smallest absolute Gasteiger partial charge is 0.213 e. The first-order valence-corrected chi connectivity index (χ1v) is 24.2. The third kappa shape index (κ3) is 124. The standard InChI is InChI=1S/C8H12OSi.C6H16O2Si.C4H12Si.C3H10OSi.8CH4.O2/c1-10(2,9)8-6-4-3-5-7-8;1-9(2,8)6-4-3-5-7;2*1-5(2,3)4;;;;;;;;;1-2/h3-7,9H,1-2H3;7-8H,3-6H2,1-2H3;1-4H3;4H,1-3H3;8*1H4;. The van der Waals surface area contributed by atoms with Crippen LogP contribution in [0.15, 0.2) is 30.3 Å². The summed E-state index contributed by atoms with van der Waals surface area (Å²) >= 11 is 0. The van der Waals surface area contributed by atoms with Gasteiger partial charge in [-0.15, -0.1) is 0 Å². The third-order valence-corrected chi connectivity index (χ3v) is 6.00. The van der Waals surface area contributed by atoms with Gasteiger partial charge in [0.2, 0.25) is 8.32 Å². The van der Waals surface area contributed by atoms with Crippen LogP contribution < -0.4 is 5.19 Å². The van der Waals surface area contributed by atoms with Crippen molar-refractivity contribution in [1.82, 2.24) is 0 Å². The highest BCUT2D eigenvalue weighted by atomic mass is 28.4. The summed E-state index contributed by atoms with van der Waals surface area (Å²) in [4.78, 5) is 41.6. The third-order valence-electron chi connectivity index (χ3n) is 2.68. The predicted molar refractivity (Wildman–Crippen MR) is 202 cm³/mol. The van der Waals surface area contributed by atoms with E-state index in [2.05, 4.69) is 26.2 Å². The van der Waals surface area contributed by atoms with Gasteiger partial charge in [-0.1, -0.05) is 122 Å². The van der Waals surface area contributed by atoms with Gasteiger partial charge in [0.15, 0.2) is 16.6 Å². The van der Waals surface area contributed by atoms with Gasteiger partial charge in [0, 0.05) is 24.6 Å². The molecule has 0 atom stereocenters. The first-order chi connectivity index (χ1) is 13.7. The number of aliphatic hydroxyl groups excluding tert-OH is 1. The maximum absolute atomic E-state index is 9.63. The van der Waals surface area contributed by atoms with Crippen molar-refractivity contribution in [3.63, 3.8) is 0 Å². The first kappa shape index (κ1) is 77.1. The zero-order valence-electron chi connectivity index (χ0n) is 21.8. The van der Waals surface area contributed by atoms with Crippen molar-refractivity contribution in [2.75, 3.05) is 6.61 Å². The van der Waals surface area contributed by atoms with Crippen LogP contribution in [0.1, 0.15) is 72.3 Å². The molecule has 0 amide bonds. The minimum Gasteiger partial charge on any atom is -0.433 e. The van der Waals surface area contributed by atoms with E-state index in [0.717, 1.165) is 24.1 Å². The highest BCUT2D eigenvalue weighted by molar-refractivity contribution is 6.83. The van der Waals surface area contributed by atoms with Crippen molar-refractivity contribution in [2.24, 2.45) is 0 Å². The second-order valence-corrected chi connectivity index (χ2v) is 29.3. The van der Waals surface area contributed by atoms with E-state index in [1.807, 2.05) is 76.2 Å². The number of hydrogen-bond donors (Lipinski definition) is 4. The molecule has 0 spiro atoms. The molecule has 0 saturated heterocycles. The van der Waals surface area contributed by atoms with E-state index in [0.29, 0.717) is 0 Å². The predicted octanol–water partition coefficient (Wildman–Crippen LogP) is 9.97. The lowest BCUT2D eigenvalue weighted by molar-refractivity contribution is 0.286. The maximum atomic E-state index is 9.63. The van der Waals surface area contributed by atoms with Gasteiger partial charge in [0.05, 0.1) is 0 Å². The van der Waals surface area contributed by atoms with E-state index in [1.54, 1.807) is 0 Å². The van der Waals surface area contributed by atoms with Crippen molar-refractivity contribution >= 4 is 38.2 Å². The molecular weight excluding hydrogens is 557 g/mol. The fourth-order valence-electron chi connectivity index (χ4n) is 1.52. The summed E-state index contributed by atoms with van der Waals surface area (Å²) in [5.41, 5.74) is 0. The van der Waals surface area contributed by atoms with Gasteiger partial charge in [-0.2, -0.15) is 0 Å². The van der Waals surface area contributed by atoms with E-state index in [1.165, 1.54) is 0 Å². The average Bonchev–Trinajstić information content (AvgIpc) is 2.53. The van der Waals surface area contributed by atoms with Crippen LogP contribution in [0.25, 0.3) is 0 Å². The molecule has 0 aliphatic heterocycles. The van der Waals surface area contributed by atoms with Crippen LogP contribution in [0.2, 0.25) is 78.1 Å². The zero-order chi connectivity index (χ0) is 25.9. The van der Waals surface area contributed by atoms with Crippen molar-refractivity contribution in [3.8, 4) is 0 Å². The average molecular weight is 639 g/mol. The molecule has 0 aliphatic carbocycles. The number of rotatable bonds is 5. The molecule has 0 unspecified atom stereocenters. The highest BCUT2D eigenvalue weighted by Crippen LogP contribution is 2.08. The number of unbranched alkanes of at least 4 members (excludes halogenated alkanes) is 1. The van der Waals surface area contributed by atoms with Crippen molar-refractivity contribution in [1.29, 1.82) is 0 Å². The van der Waals surface area contributed by atoms with Gasteiger partial charge in [0.1, 0.15) is 0 Å². The molecule has 0 aromatic heterocycles. The molecule has 10 heteroatoms. The van der Waals surface area contributed by atoms with Crippen LogP contribution in [-0.4, -0.2) is 59.1 Å². The number of aliphatic hydroxyl groups is 1. The summed E-state index contributed by atoms with van der Waals surface area (Å²) < 4.78 is 0. The molecular formula is C29H82O6Si4. The lowest BCUT2D eigenvalue weighted by Gasteiger charge is -2.13. The summed E-state index contributed by atoms with van der Waals surface area (Å²) in [5, 5.41) is 9.49. The molecule has 6 nitrogen and oxygen atoms in total. The summed E-state index contributed by atoms with van der Waals surface area (Å²) in [6.07, 6.45) is 1.79. The fraction of sp³-hybridized carbons (Fsp3) is 0.793. The Bertz CT molecular complexity index is 484. The van der Waals surface area contributed by atoms with Crippen LogP contribution in [-0.2, 0) is 0 Å². The fourth-order valence-corrected chi connectivity index (χ4v) is 3.64. The largest absolute Gasteiger partial charge is 0.433 e. The molecule has 250 valence electrons. The molecule has 0 radical (unpaired) electrons. The Kier molecular flexibility index (Phi) is 78.4. The van der Waals surface area contributed by atoms with E-state index < -0.39 is 33.0 Å². The van der Waals surface area contributed by atoms with Gasteiger partial charge in [-0.25, -0.2) is 0 Å². The Morgan fingerprint density at radius 2 is 0.821 bits per heavy atom. The lowest BCUT2D eigenvalue weighted by atomic mass is 10.4. The van der Waals surface area contributed by atoms with Crippen LogP contribution >= 0.6 is 0 Å². The SMILES string of the molecule is C.C.C.C.C.C.C.C.C[Si](C)(C)C.C[Si](C)(C)O.C[Si](C)(O)CCCCO.C[Si](C)(O)c1ccccc1.O=O. The molecule has 0 bridgehead atoms. The van der Waals surface area contributed by atoms with Crippen LogP contribution in [0, 0.1) is 9.93 Å². The summed E-state index contributed by atoms with van der Waals surface area (Å²) in [5.74, 6) is 0. The molecule has 0 heterocycles. The Morgan fingerprint density at radius 3 is 0.974 bits per heavy atom. The minimum atomic E-state index is -2.03. The van der Waals surface area contributed by atoms with E-state index in [9.17, 15) is 9.59 Å². The summed E-state index contributed by atoms with van der Waals surface area (Å²) in [7, 11) is -6.06. The molecule has 0 fully saturated rings. The highest BCUT2D eigenvalue weighted by Gasteiger charge is 2.18. The Hall–Kier alpha value is -0.472. The second kappa shape index (κ2) is 39.7.